The minimum Gasteiger partial charge on any atom is -0.366 e. The van der Waals surface area contributed by atoms with Gasteiger partial charge in [-0.1, -0.05) is 29.3 Å². The van der Waals surface area contributed by atoms with Crippen molar-refractivity contribution >= 4 is 46.5 Å². The van der Waals surface area contributed by atoms with E-state index in [0.717, 1.165) is 35.6 Å². The van der Waals surface area contributed by atoms with Crippen molar-refractivity contribution in [2.45, 2.75) is 44.2 Å². The minimum atomic E-state index is -0.370. The first kappa shape index (κ1) is 22.0. The number of rotatable bonds is 5. The Bertz CT molecular complexity index is 1200. The van der Waals surface area contributed by atoms with E-state index < -0.39 is 0 Å². The lowest BCUT2D eigenvalue weighted by atomic mass is 9.92. The average Bonchev–Trinajstić information content (AvgIpc) is 3.47. The molecule has 5 rings (SSSR count). The zero-order chi connectivity index (χ0) is 22.9. The van der Waals surface area contributed by atoms with Crippen molar-refractivity contribution in [3.63, 3.8) is 0 Å². The summed E-state index contributed by atoms with van der Waals surface area (Å²) in [6.45, 7) is 1.84. The first-order valence-corrected chi connectivity index (χ1v) is 11.8. The van der Waals surface area contributed by atoms with Gasteiger partial charge in [0, 0.05) is 59.8 Å². The van der Waals surface area contributed by atoms with Crippen LogP contribution in [0.5, 0.6) is 0 Å². The highest BCUT2D eigenvalue weighted by atomic mass is 35.5. The normalized spacial score (nSPS) is 19.2. The summed E-state index contributed by atoms with van der Waals surface area (Å²) < 4.78 is 1.77. The van der Waals surface area contributed by atoms with Gasteiger partial charge < -0.3 is 15.5 Å². The maximum atomic E-state index is 12.7. The van der Waals surface area contributed by atoms with Crippen LogP contribution in [0.25, 0.3) is 5.65 Å². The summed E-state index contributed by atoms with van der Waals surface area (Å²) in [4.78, 5) is 30.8. The number of hydrogen-bond acceptors (Lipinski definition) is 5. The van der Waals surface area contributed by atoms with Gasteiger partial charge in [0.05, 0.1) is 6.20 Å². The molecule has 8 nitrogen and oxygen atoms in total. The minimum absolute atomic E-state index is 0.0284. The van der Waals surface area contributed by atoms with Crippen molar-refractivity contribution in [3.05, 3.63) is 57.8 Å². The van der Waals surface area contributed by atoms with Gasteiger partial charge in [0.1, 0.15) is 11.9 Å². The van der Waals surface area contributed by atoms with E-state index in [4.69, 9.17) is 28.2 Å². The Balaban J connectivity index is 1.29. The Morgan fingerprint density at radius 3 is 2.70 bits per heavy atom. The Morgan fingerprint density at radius 1 is 1.15 bits per heavy atom. The molecule has 2 saturated heterocycles. The van der Waals surface area contributed by atoms with Crippen LogP contribution in [0.2, 0.25) is 10.0 Å². The molecule has 1 unspecified atom stereocenters. The largest absolute Gasteiger partial charge is 0.366 e. The molecule has 10 heteroatoms. The van der Waals surface area contributed by atoms with E-state index in [1.54, 1.807) is 16.8 Å². The summed E-state index contributed by atoms with van der Waals surface area (Å²) in [6, 6.07) is 8.99. The SMILES string of the molecule is O=C1CCC(C(=O)N2CCC(c3cc(NCc4ccc(Cl)cc4Cl)n4nccc4n3)CC2)N1. The molecule has 2 aromatic heterocycles. The molecule has 0 radical (unpaired) electrons. The molecule has 0 spiro atoms. The molecule has 172 valence electrons. The first-order valence-electron chi connectivity index (χ1n) is 11.1. The molecule has 2 fully saturated rings. The molecule has 3 aromatic rings. The second-order valence-corrected chi connectivity index (χ2v) is 9.36. The highest BCUT2D eigenvalue weighted by molar-refractivity contribution is 6.35. The van der Waals surface area contributed by atoms with Crippen molar-refractivity contribution in [2.24, 2.45) is 0 Å². The van der Waals surface area contributed by atoms with Crippen molar-refractivity contribution in [3.8, 4) is 0 Å². The monoisotopic (exact) mass is 486 g/mol. The van der Waals surface area contributed by atoms with Gasteiger partial charge in [0.25, 0.3) is 0 Å². The Hall–Kier alpha value is -2.84. The zero-order valence-electron chi connectivity index (χ0n) is 17.9. The number of benzene rings is 1. The summed E-state index contributed by atoms with van der Waals surface area (Å²) in [5.41, 5.74) is 2.68. The fraction of sp³-hybridized carbons (Fsp3) is 0.391. The number of amides is 2. The third-order valence-corrected chi connectivity index (χ3v) is 6.96. The van der Waals surface area contributed by atoms with E-state index in [1.807, 2.05) is 29.2 Å². The van der Waals surface area contributed by atoms with Crippen LogP contribution in [0.3, 0.4) is 0 Å². The van der Waals surface area contributed by atoms with Crippen molar-refractivity contribution in [2.75, 3.05) is 18.4 Å². The van der Waals surface area contributed by atoms with E-state index in [0.29, 0.717) is 42.5 Å². The topological polar surface area (TPSA) is 91.6 Å². The molecule has 4 heterocycles. The quantitative estimate of drug-likeness (QED) is 0.574. The summed E-state index contributed by atoms with van der Waals surface area (Å²) in [7, 11) is 0. The maximum absolute atomic E-state index is 12.7. The highest BCUT2D eigenvalue weighted by Crippen LogP contribution is 2.30. The van der Waals surface area contributed by atoms with Crippen LogP contribution in [-0.4, -0.2) is 50.4 Å². The van der Waals surface area contributed by atoms with E-state index in [9.17, 15) is 9.59 Å². The molecule has 1 aromatic carbocycles. The molecule has 0 aliphatic carbocycles. The number of hydrogen-bond donors (Lipinski definition) is 2. The van der Waals surface area contributed by atoms with Crippen LogP contribution < -0.4 is 10.6 Å². The van der Waals surface area contributed by atoms with E-state index >= 15 is 0 Å². The lowest BCUT2D eigenvalue weighted by Gasteiger charge is -2.33. The number of likely N-dealkylation sites (tertiary alicyclic amines) is 1. The second kappa shape index (κ2) is 9.19. The van der Waals surface area contributed by atoms with Crippen LogP contribution in [0.4, 0.5) is 5.82 Å². The number of nitrogens with one attached hydrogen (secondary N) is 2. The van der Waals surface area contributed by atoms with Gasteiger partial charge in [-0.25, -0.2) is 4.98 Å². The lowest BCUT2D eigenvalue weighted by Crippen LogP contribution is -2.47. The van der Waals surface area contributed by atoms with Gasteiger partial charge in [-0.2, -0.15) is 9.61 Å². The molecule has 2 aliphatic rings. The molecular weight excluding hydrogens is 463 g/mol. The number of aromatic nitrogens is 3. The molecule has 33 heavy (non-hydrogen) atoms. The second-order valence-electron chi connectivity index (χ2n) is 8.52. The summed E-state index contributed by atoms with van der Waals surface area (Å²) in [5.74, 6) is 1.06. The fourth-order valence-corrected chi connectivity index (χ4v) is 5.01. The standard InChI is InChI=1S/C23H24Cl2N6O2/c24-16-2-1-15(17(25)11-16)13-26-21-12-19(28-20-5-8-27-31(20)21)14-6-9-30(10-7-14)23(33)18-3-4-22(32)29-18/h1-2,5,8,11-12,14,18,26H,3-4,6-7,9-10,13H2,(H,29,32). The number of carbonyl (C=O) groups excluding carboxylic acids is 2. The predicted octanol–water partition coefficient (Wildman–Crippen LogP) is 3.63. The Kier molecular flexibility index (Phi) is 6.12. The van der Waals surface area contributed by atoms with E-state index in [-0.39, 0.29) is 23.8 Å². The third-order valence-electron chi connectivity index (χ3n) is 6.37. The van der Waals surface area contributed by atoms with Crippen LogP contribution in [0.15, 0.2) is 36.5 Å². The van der Waals surface area contributed by atoms with Gasteiger partial charge in [-0.15, -0.1) is 0 Å². The van der Waals surface area contributed by atoms with Crippen molar-refractivity contribution in [1.29, 1.82) is 0 Å². The summed E-state index contributed by atoms with van der Waals surface area (Å²) in [5, 5.41) is 11.8. The predicted molar refractivity (Wildman–Crippen MR) is 126 cm³/mol. The number of halogens is 2. The van der Waals surface area contributed by atoms with E-state index in [1.165, 1.54) is 0 Å². The molecule has 2 aliphatic heterocycles. The fourth-order valence-electron chi connectivity index (χ4n) is 4.53. The van der Waals surface area contributed by atoms with Gasteiger partial charge in [-0.3, -0.25) is 9.59 Å². The number of fused-ring (bicyclic) bond motifs is 1. The van der Waals surface area contributed by atoms with Gasteiger partial charge in [-0.05, 0) is 37.0 Å². The van der Waals surface area contributed by atoms with Gasteiger partial charge in [0.15, 0.2) is 5.65 Å². The van der Waals surface area contributed by atoms with Crippen LogP contribution >= 0.6 is 23.2 Å². The van der Waals surface area contributed by atoms with Crippen LogP contribution in [-0.2, 0) is 16.1 Å². The average molecular weight is 487 g/mol. The number of carbonyl (C=O) groups is 2. The number of nitrogens with zero attached hydrogens (tertiary/aromatic N) is 4. The highest BCUT2D eigenvalue weighted by Gasteiger charge is 2.33. The lowest BCUT2D eigenvalue weighted by molar-refractivity contribution is -0.135. The van der Waals surface area contributed by atoms with Crippen LogP contribution in [0, 0.1) is 0 Å². The number of anilines is 1. The molecule has 2 N–H and O–H groups in total. The molecule has 1 atom stereocenters. The van der Waals surface area contributed by atoms with Gasteiger partial charge in [0.2, 0.25) is 11.8 Å². The molecular formula is C23H24Cl2N6O2. The Labute approximate surface area is 201 Å². The maximum Gasteiger partial charge on any atom is 0.245 e. The molecule has 2 amide bonds. The van der Waals surface area contributed by atoms with E-state index in [2.05, 4.69) is 15.7 Å². The zero-order valence-corrected chi connectivity index (χ0v) is 19.4. The third kappa shape index (κ3) is 4.63. The van der Waals surface area contributed by atoms with Crippen molar-refractivity contribution in [1.82, 2.24) is 24.8 Å². The first-order chi connectivity index (χ1) is 16.0. The van der Waals surface area contributed by atoms with Crippen LogP contribution in [0.1, 0.15) is 42.9 Å². The smallest absolute Gasteiger partial charge is 0.245 e. The number of piperidine rings is 1. The molecule has 0 saturated carbocycles. The summed E-state index contributed by atoms with van der Waals surface area (Å²) in [6.07, 6.45) is 4.39. The summed E-state index contributed by atoms with van der Waals surface area (Å²) >= 11 is 12.3. The molecule has 0 bridgehead atoms. The van der Waals surface area contributed by atoms with Gasteiger partial charge >= 0.3 is 0 Å². The van der Waals surface area contributed by atoms with Crippen molar-refractivity contribution < 1.29 is 9.59 Å². The Morgan fingerprint density at radius 2 is 1.97 bits per heavy atom.